The van der Waals surface area contributed by atoms with Gasteiger partial charge in [0.15, 0.2) is 0 Å². The molecular weight excluding hydrogens is 192 g/mol. The number of hydrogen-bond donors (Lipinski definition) is 1. The third kappa shape index (κ3) is 3.26. The van der Waals surface area contributed by atoms with Crippen molar-refractivity contribution in [2.75, 3.05) is 0 Å². The molecule has 2 N–H and O–H groups in total. The minimum atomic E-state index is -5.54. The molecule has 8 heteroatoms. The maximum atomic E-state index is 12.2. The van der Waals surface area contributed by atoms with Crippen LogP contribution in [0.3, 0.4) is 0 Å². The van der Waals surface area contributed by atoms with E-state index in [1.807, 2.05) is 0 Å². The predicted octanol–water partition coefficient (Wildman–Crippen LogP) is 1.76. The largest absolute Gasteiger partial charge is 0.526 e. The molecule has 0 aliphatic carbocycles. The topological polar surface area (TPSA) is 35.2 Å². The highest BCUT2D eigenvalue weighted by Crippen LogP contribution is 2.34. The molecule has 0 fully saturated rings. The van der Waals surface area contributed by atoms with E-state index in [0.717, 1.165) is 0 Å². The maximum Gasteiger partial charge on any atom is 0.526 e. The van der Waals surface area contributed by atoms with Gasteiger partial charge in [-0.3, -0.25) is 5.73 Å². The van der Waals surface area contributed by atoms with Gasteiger partial charge in [-0.15, -0.1) is 13.2 Å². The predicted molar refractivity (Wildman–Crippen MR) is 25.8 cm³/mol. The highest BCUT2D eigenvalue weighted by molar-refractivity contribution is 4.75. The first-order valence-corrected chi connectivity index (χ1v) is 2.58. The number of nitrogens with two attached hydrogens (primary N) is 1. The second-order valence-electron chi connectivity index (χ2n) is 2.08. The first kappa shape index (κ1) is 11.5. The molecule has 0 radical (unpaired) electrons. The fourth-order valence-electron chi connectivity index (χ4n) is 0.258. The van der Waals surface area contributed by atoms with Crippen LogP contribution in [0.15, 0.2) is 0 Å². The Balaban J connectivity index is 4.44. The summed E-state index contributed by atoms with van der Waals surface area (Å²) in [5.74, 6) is -8.96. The Morgan fingerprint density at radius 3 is 1.42 bits per heavy atom. The standard InChI is InChI=1S/C4H5F6NO/c1-2(5,6)3(7,11)12-4(8,9)10/h11H2,1H3. The van der Waals surface area contributed by atoms with Crippen molar-refractivity contribution in [1.82, 2.24) is 0 Å². The fourth-order valence-corrected chi connectivity index (χ4v) is 0.258. The van der Waals surface area contributed by atoms with Crippen LogP contribution in [0.25, 0.3) is 0 Å². The highest BCUT2D eigenvalue weighted by atomic mass is 19.4. The number of hydrogen-bond acceptors (Lipinski definition) is 2. The van der Waals surface area contributed by atoms with Crippen molar-refractivity contribution < 1.29 is 31.1 Å². The van der Waals surface area contributed by atoms with Crippen molar-refractivity contribution in [3.05, 3.63) is 0 Å². The van der Waals surface area contributed by atoms with Gasteiger partial charge >= 0.3 is 18.3 Å². The van der Waals surface area contributed by atoms with Crippen molar-refractivity contribution in [3.63, 3.8) is 0 Å². The number of alkyl halides is 6. The van der Waals surface area contributed by atoms with Gasteiger partial charge in [0.1, 0.15) is 0 Å². The molecule has 0 spiro atoms. The van der Waals surface area contributed by atoms with E-state index in [0.29, 0.717) is 0 Å². The smallest absolute Gasteiger partial charge is 0.270 e. The van der Waals surface area contributed by atoms with Gasteiger partial charge in [0, 0.05) is 6.92 Å². The zero-order valence-corrected chi connectivity index (χ0v) is 5.75. The molecule has 0 aromatic carbocycles. The average Bonchev–Trinajstić information content (AvgIpc) is 1.52. The second-order valence-corrected chi connectivity index (χ2v) is 2.08. The number of halogens is 6. The molecule has 0 aromatic heterocycles. The van der Waals surface area contributed by atoms with E-state index in [-0.39, 0.29) is 6.92 Å². The van der Waals surface area contributed by atoms with Crippen LogP contribution in [-0.2, 0) is 4.74 Å². The average molecular weight is 197 g/mol. The Labute approximate surface area is 63.3 Å². The third-order valence-electron chi connectivity index (χ3n) is 0.863. The second kappa shape index (κ2) is 2.77. The van der Waals surface area contributed by atoms with Crippen molar-refractivity contribution >= 4 is 0 Å². The summed E-state index contributed by atoms with van der Waals surface area (Å²) in [7, 11) is 0. The summed E-state index contributed by atoms with van der Waals surface area (Å²) in [6, 6.07) is 0. The van der Waals surface area contributed by atoms with Gasteiger partial charge in [0.05, 0.1) is 0 Å². The lowest BCUT2D eigenvalue weighted by Gasteiger charge is -2.26. The summed E-state index contributed by atoms with van der Waals surface area (Å²) < 4.78 is 72.0. The summed E-state index contributed by atoms with van der Waals surface area (Å²) in [4.78, 5) is 0. The van der Waals surface area contributed by atoms with Crippen LogP contribution in [0, 0.1) is 0 Å². The summed E-state index contributed by atoms with van der Waals surface area (Å²) in [6.07, 6.45) is -5.54. The lowest BCUT2D eigenvalue weighted by Crippen LogP contribution is -2.55. The van der Waals surface area contributed by atoms with Gasteiger partial charge in [0.25, 0.3) is 0 Å². The molecule has 0 bridgehead atoms. The normalized spacial score (nSPS) is 19.0. The van der Waals surface area contributed by atoms with Crippen LogP contribution in [0.5, 0.6) is 0 Å². The van der Waals surface area contributed by atoms with E-state index in [4.69, 9.17) is 0 Å². The molecule has 0 saturated carbocycles. The Kier molecular flexibility index (Phi) is 2.65. The van der Waals surface area contributed by atoms with E-state index < -0.39 is 18.3 Å². The van der Waals surface area contributed by atoms with Crippen LogP contribution in [0.1, 0.15) is 6.92 Å². The molecule has 1 unspecified atom stereocenters. The Morgan fingerprint density at radius 2 is 1.33 bits per heavy atom. The van der Waals surface area contributed by atoms with Gasteiger partial charge in [-0.1, -0.05) is 0 Å². The van der Waals surface area contributed by atoms with Crippen LogP contribution in [0.4, 0.5) is 26.3 Å². The zero-order valence-electron chi connectivity index (χ0n) is 5.75. The van der Waals surface area contributed by atoms with Crippen LogP contribution in [-0.4, -0.2) is 18.3 Å². The lowest BCUT2D eigenvalue weighted by atomic mass is 10.3. The van der Waals surface area contributed by atoms with Crippen LogP contribution in [0.2, 0.25) is 0 Å². The molecule has 12 heavy (non-hydrogen) atoms. The molecule has 1 atom stereocenters. The lowest BCUT2D eigenvalue weighted by molar-refractivity contribution is -0.424. The first-order valence-electron chi connectivity index (χ1n) is 2.58. The summed E-state index contributed by atoms with van der Waals surface area (Å²) in [6.45, 7) is -0.126. The summed E-state index contributed by atoms with van der Waals surface area (Å²) in [5.41, 5.74) is 3.92. The van der Waals surface area contributed by atoms with Crippen molar-refractivity contribution in [2.24, 2.45) is 5.73 Å². The van der Waals surface area contributed by atoms with Crippen molar-refractivity contribution in [1.29, 1.82) is 0 Å². The molecule has 0 aliphatic heterocycles. The molecular formula is C4H5F6NO. The molecule has 0 saturated heterocycles. The molecule has 74 valence electrons. The maximum absolute atomic E-state index is 12.2. The SMILES string of the molecule is CC(F)(F)C(N)(F)OC(F)(F)F. The van der Waals surface area contributed by atoms with Gasteiger partial charge in [-0.05, 0) is 0 Å². The van der Waals surface area contributed by atoms with Gasteiger partial charge in [-0.2, -0.15) is 13.2 Å². The van der Waals surface area contributed by atoms with Gasteiger partial charge < -0.3 is 0 Å². The van der Waals surface area contributed by atoms with E-state index in [2.05, 4.69) is 10.5 Å². The van der Waals surface area contributed by atoms with Crippen molar-refractivity contribution in [2.45, 2.75) is 25.2 Å². The minimum Gasteiger partial charge on any atom is -0.270 e. The first-order chi connectivity index (χ1) is 4.96. The van der Waals surface area contributed by atoms with E-state index in [1.54, 1.807) is 0 Å². The molecule has 2 nitrogen and oxygen atoms in total. The Morgan fingerprint density at radius 1 is 1.00 bits per heavy atom. The fraction of sp³-hybridized carbons (Fsp3) is 1.00. The molecule has 0 heterocycles. The van der Waals surface area contributed by atoms with Crippen LogP contribution >= 0.6 is 0 Å². The van der Waals surface area contributed by atoms with E-state index >= 15 is 0 Å². The Bertz CT molecular complexity index is 158. The highest BCUT2D eigenvalue weighted by Gasteiger charge is 2.55. The van der Waals surface area contributed by atoms with E-state index in [1.165, 1.54) is 0 Å². The van der Waals surface area contributed by atoms with Crippen molar-refractivity contribution in [3.8, 4) is 0 Å². The van der Waals surface area contributed by atoms with E-state index in [9.17, 15) is 26.3 Å². The Hall–Kier alpha value is -0.500. The quantitative estimate of drug-likeness (QED) is 0.416. The third-order valence-corrected chi connectivity index (χ3v) is 0.863. The number of rotatable bonds is 2. The van der Waals surface area contributed by atoms with Gasteiger partial charge in [-0.25, -0.2) is 4.74 Å². The summed E-state index contributed by atoms with van der Waals surface area (Å²) in [5, 5.41) is 0. The monoisotopic (exact) mass is 197 g/mol. The number of ether oxygens (including phenoxy) is 1. The van der Waals surface area contributed by atoms with Gasteiger partial charge in [0.2, 0.25) is 0 Å². The molecule has 0 amide bonds. The zero-order chi connectivity index (χ0) is 10.2. The molecule has 0 aromatic rings. The molecule has 0 rings (SSSR count). The summed E-state index contributed by atoms with van der Waals surface area (Å²) >= 11 is 0. The minimum absolute atomic E-state index is 0.126. The van der Waals surface area contributed by atoms with Crippen LogP contribution < -0.4 is 5.73 Å². The molecule has 0 aliphatic rings.